The average Bonchev–Trinajstić information content (AvgIpc) is 2.72. The van der Waals surface area contributed by atoms with Crippen molar-refractivity contribution >= 4 is 11.8 Å². The predicted octanol–water partition coefficient (Wildman–Crippen LogP) is 0.559. The average molecular weight is 240 g/mol. The predicted molar refractivity (Wildman–Crippen MR) is 68.7 cm³/mol. The van der Waals surface area contributed by atoms with Crippen molar-refractivity contribution < 1.29 is 0 Å². The van der Waals surface area contributed by atoms with Crippen LogP contribution in [-0.2, 0) is 13.6 Å². The molecule has 0 saturated carbocycles. The molecule has 2 rings (SSSR count). The first-order chi connectivity index (χ1) is 7.86. The van der Waals surface area contributed by atoms with Gasteiger partial charge < -0.3 is 9.88 Å². The summed E-state index contributed by atoms with van der Waals surface area (Å²) in [5.74, 6) is 3.62. The molecule has 1 aromatic rings. The van der Waals surface area contributed by atoms with Crippen molar-refractivity contribution in [3.63, 3.8) is 0 Å². The number of aromatic nitrogens is 2. The molecule has 2 heterocycles. The highest BCUT2D eigenvalue weighted by Gasteiger charge is 2.09. The van der Waals surface area contributed by atoms with Crippen molar-refractivity contribution in [1.29, 1.82) is 0 Å². The van der Waals surface area contributed by atoms with Gasteiger partial charge in [-0.25, -0.2) is 4.98 Å². The zero-order valence-electron chi connectivity index (χ0n) is 9.85. The lowest BCUT2D eigenvalue weighted by Crippen LogP contribution is -2.33. The number of hydrogen-bond donors (Lipinski definition) is 1. The van der Waals surface area contributed by atoms with Crippen LogP contribution in [0, 0.1) is 0 Å². The Morgan fingerprint density at radius 3 is 3.12 bits per heavy atom. The molecule has 5 heteroatoms. The summed E-state index contributed by atoms with van der Waals surface area (Å²) in [6.45, 7) is 5.48. The van der Waals surface area contributed by atoms with E-state index >= 15 is 0 Å². The lowest BCUT2D eigenvalue weighted by atomic mass is 10.4. The van der Waals surface area contributed by atoms with Crippen LogP contribution in [0.2, 0.25) is 0 Å². The van der Waals surface area contributed by atoms with Gasteiger partial charge in [0.15, 0.2) is 0 Å². The smallest absolute Gasteiger partial charge is 0.122 e. The van der Waals surface area contributed by atoms with Crippen LogP contribution in [0.3, 0.4) is 0 Å². The molecule has 0 unspecified atom stereocenters. The van der Waals surface area contributed by atoms with E-state index in [-0.39, 0.29) is 0 Å². The molecule has 0 atom stereocenters. The molecule has 1 N–H and O–H groups in total. The van der Waals surface area contributed by atoms with Crippen LogP contribution in [0.15, 0.2) is 12.4 Å². The standard InChI is InChI=1S/C11H20N4S/c1-14-5-3-13-11(14)10-15-6-2-12-4-8-16-9-7-15/h3,5,12H,2,4,6-10H2,1H3. The number of hydrogen-bond acceptors (Lipinski definition) is 4. The molecule has 1 aliphatic rings. The van der Waals surface area contributed by atoms with E-state index in [9.17, 15) is 0 Å². The van der Waals surface area contributed by atoms with E-state index in [1.165, 1.54) is 18.1 Å². The molecular formula is C11H20N4S. The van der Waals surface area contributed by atoms with E-state index in [0.717, 1.165) is 32.0 Å². The molecule has 16 heavy (non-hydrogen) atoms. The van der Waals surface area contributed by atoms with Gasteiger partial charge in [0.25, 0.3) is 0 Å². The third-order valence-corrected chi connectivity index (χ3v) is 3.83. The Hall–Kier alpha value is -0.520. The molecule has 4 nitrogen and oxygen atoms in total. The third-order valence-electron chi connectivity index (χ3n) is 2.87. The van der Waals surface area contributed by atoms with Crippen LogP contribution in [0.25, 0.3) is 0 Å². The second-order valence-electron chi connectivity index (χ2n) is 4.09. The van der Waals surface area contributed by atoms with E-state index in [4.69, 9.17) is 0 Å². The first kappa shape index (κ1) is 12.0. The summed E-state index contributed by atoms with van der Waals surface area (Å²) < 4.78 is 2.10. The van der Waals surface area contributed by atoms with E-state index in [0.29, 0.717) is 0 Å². The molecule has 1 saturated heterocycles. The van der Waals surface area contributed by atoms with Crippen LogP contribution in [0.5, 0.6) is 0 Å². The Morgan fingerprint density at radius 1 is 1.38 bits per heavy atom. The maximum atomic E-state index is 4.38. The zero-order chi connectivity index (χ0) is 11.2. The minimum Gasteiger partial charge on any atom is -0.337 e. The van der Waals surface area contributed by atoms with Gasteiger partial charge in [-0.15, -0.1) is 0 Å². The maximum absolute atomic E-state index is 4.38. The molecule has 1 fully saturated rings. The number of nitrogens with one attached hydrogen (secondary N) is 1. The maximum Gasteiger partial charge on any atom is 0.122 e. The molecule has 0 amide bonds. The molecule has 1 aromatic heterocycles. The van der Waals surface area contributed by atoms with Crippen LogP contribution < -0.4 is 5.32 Å². The molecule has 0 aromatic carbocycles. The van der Waals surface area contributed by atoms with Crippen molar-refractivity contribution in [2.24, 2.45) is 7.05 Å². The number of imidazole rings is 1. The fourth-order valence-electron chi connectivity index (χ4n) is 1.82. The summed E-state index contributed by atoms with van der Waals surface area (Å²) in [7, 11) is 2.06. The highest BCUT2D eigenvalue weighted by molar-refractivity contribution is 7.99. The zero-order valence-corrected chi connectivity index (χ0v) is 10.7. The number of nitrogens with zero attached hydrogens (tertiary/aromatic N) is 3. The van der Waals surface area contributed by atoms with Gasteiger partial charge in [0, 0.05) is 57.1 Å². The highest BCUT2D eigenvalue weighted by Crippen LogP contribution is 2.06. The highest BCUT2D eigenvalue weighted by atomic mass is 32.2. The SMILES string of the molecule is Cn1ccnc1CN1CCNCCSCC1. The summed E-state index contributed by atoms with van der Waals surface area (Å²) >= 11 is 2.03. The second kappa shape index (κ2) is 6.27. The van der Waals surface area contributed by atoms with Gasteiger partial charge in [0.2, 0.25) is 0 Å². The Balaban J connectivity index is 1.88. The van der Waals surface area contributed by atoms with Crippen molar-refractivity contribution in [3.8, 4) is 0 Å². The molecular weight excluding hydrogens is 220 g/mol. The van der Waals surface area contributed by atoms with E-state index in [1.54, 1.807) is 0 Å². The molecule has 0 spiro atoms. The van der Waals surface area contributed by atoms with Gasteiger partial charge in [0.05, 0.1) is 6.54 Å². The summed E-state index contributed by atoms with van der Waals surface area (Å²) in [6, 6.07) is 0. The summed E-state index contributed by atoms with van der Waals surface area (Å²) in [6.07, 6.45) is 3.89. The fraction of sp³-hybridized carbons (Fsp3) is 0.727. The van der Waals surface area contributed by atoms with E-state index in [1.807, 2.05) is 24.2 Å². The Labute approximate surface area is 101 Å². The minimum absolute atomic E-state index is 0.964. The fourth-order valence-corrected chi connectivity index (χ4v) is 2.70. The molecule has 0 radical (unpaired) electrons. The van der Waals surface area contributed by atoms with Crippen LogP contribution >= 0.6 is 11.8 Å². The van der Waals surface area contributed by atoms with Crippen LogP contribution in [0.4, 0.5) is 0 Å². The Kier molecular flexibility index (Phi) is 4.69. The van der Waals surface area contributed by atoms with Crippen molar-refractivity contribution in [1.82, 2.24) is 19.8 Å². The quantitative estimate of drug-likeness (QED) is 0.819. The lowest BCUT2D eigenvalue weighted by molar-refractivity contribution is 0.274. The monoisotopic (exact) mass is 240 g/mol. The topological polar surface area (TPSA) is 33.1 Å². The van der Waals surface area contributed by atoms with Gasteiger partial charge in [-0.05, 0) is 0 Å². The normalized spacial score (nSPS) is 20.1. The van der Waals surface area contributed by atoms with Gasteiger partial charge in [-0.2, -0.15) is 11.8 Å². The summed E-state index contributed by atoms with van der Waals surface area (Å²) in [4.78, 5) is 6.86. The Morgan fingerprint density at radius 2 is 2.31 bits per heavy atom. The molecule has 0 bridgehead atoms. The van der Waals surface area contributed by atoms with E-state index < -0.39 is 0 Å². The first-order valence-electron chi connectivity index (χ1n) is 5.83. The van der Waals surface area contributed by atoms with Crippen molar-refractivity contribution in [3.05, 3.63) is 18.2 Å². The van der Waals surface area contributed by atoms with Gasteiger partial charge >= 0.3 is 0 Å². The second-order valence-corrected chi connectivity index (χ2v) is 5.32. The third kappa shape index (κ3) is 3.50. The van der Waals surface area contributed by atoms with Gasteiger partial charge in [0.1, 0.15) is 5.82 Å². The number of rotatable bonds is 2. The summed E-state index contributed by atoms with van der Waals surface area (Å²) in [5, 5.41) is 3.46. The van der Waals surface area contributed by atoms with Crippen molar-refractivity contribution in [2.45, 2.75) is 6.54 Å². The first-order valence-corrected chi connectivity index (χ1v) is 6.99. The van der Waals surface area contributed by atoms with Crippen LogP contribution in [-0.4, -0.2) is 52.1 Å². The minimum atomic E-state index is 0.964. The van der Waals surface area contributed by atoms with Crippen LogP contribution in [0.1, 0.15) is 5.82 Å². The van der Waals surface area contributed by atoms with Crippen molar-refractivity contribution in [2.75, 3.05) is 37.7 Å². The largest absolute Gasteiger partial charge is 0.337 e. The molecule has 0 aliphatic carbocycles. The Bertz CT molecular complexity index is 303. The lowest BCUT2D eigenvalue weighted by Gasteiger charge is -2.20. The summed E-state index contributed by atoms with van der Waals surface area (Å²) in [5.41, 5.74) is 0. The van der Waals surface area contributed by atoms with E-state index in [2.05, 4.69) is 26.8 Å². The number of thioether (sulfide) groups is 1. The van der Waals surface area contributed by atoms with Gasteiger partial charge in [-0.3, -0.25) is 4.90 Å². The molecule has 1 aliphatic heterocycles. The van der Waals surface area contributed by atoms with Gasteiger partial charge in [-0.1, -0.05) is 0 Å². The molecule has 90 valence electrons. The number of aryl methyl sites for hydroxylation is 1.